The van der Waals surface area contributed by atoms with E-state index in [1.165, 1.54) is 12.1 Å². The van der Waals surface area contributed by atoms with E-state index in [0.29, 0.717) is 41.2 Å². The third-order valence-corrected chi connectivity index (χ3v) is 7.64. The van der Waals surface area contributed by atoms with Crippen molar-refractivity contribution in [2.75, 3.05) is 19.8 Å². The molecule has 0 radical (unpaired) electrons. The van der Waals surface area contributed by atoms with Gasteiger partial charge in [0.25, 0.3) is 5.91 Å². The summed E-state index contributed by atoms with van der Waals surface area (Å²) in [5.41, 5.74) is 1.84. The fourth-order valence-corrected chi connectivity index (χ4v) is 5.65. The number of amides is 1. The van der Waals surface area contributed by atoms with Gasteiger partial charge in [-0.3, -0.25) is 14.0 Å². The molecule has 36 heavy (non-hydrogen) atoms. The van der Waals surface area contributed by atoms with Crippen LogP contribution in [0.3, 0.4) is 0 Å². The summed E-state index contributed by atoms with van der Waals surface area (Å²) in [5, 5.41) is 9.31. The van der Waals surface area contributed by atoms with E-state index in [2.05, 4.69) is 10.4 Å². The Kier molecular flexibility index (Phi) is 5.55. The number of carbonyl (C=O) groups is 1. The standard InChI is InChI=1S/C27H27F3N4O2/c1-33-15-23-22-12-17(26(35)31-14-18-13-21(18)16-8-10-36-11-9-16)2-7-24(22)34(25(23)32-33)20-5-3-19(4-6-20)27(28,29)30/h2-7,12,15-16,18,21H,8-11,13-14H2,1H3,(H,31,35)/t18-,21-/m0/s1. The molecule has 1 amide bonds. The van der Waals surface area contributed by atoms with Gasteiger partial charge in [-0.1, -0.05) is 0 Å². The van der Waals surface area contributed by atoms with Crippen molar-refractivity contribution in [3.63, 3.8) is 0 Å². The molecule has 2 aromatic heterocycles. The lowest BCUT2D eigenvalue weighted by atomic mass is 9.93. The first-order chi connectivity index (χ1) is 17.3. The molecule has 1 aliphatic heterocycles. The first-order valence-corrected chi connectivity index (χ1v) is 12.3. The summed E-state index contributed by atoms with van der Waals surface area (Å²) in [5.74, 6) is 1.81. The Morgan fingerprint density at radius 1 is 1.11 bits per heavy atom. The van der Waals surface area contributed by atoms with E-state index in [-0.39, 0.29) is 5.91 Å². The van der Waals surface area contributed by atoms with E-state index in [1.54, 1.807) is 17.8 Å². The molecule has 0 bridgehead atoms. The summed E-state index contributed by atoms with van der Waals surface area (Å²) < 4.78 is 48.1. The molecule has 2 aromatic carbocycles. The molecule has 6 nitrogen and oxygen atoms in total. The van der Waals surface area contributed by atoms with E-state index in [1.807, 2.05) is 22.9 Å². The summed E-state index contributed by atoms with van der Waals surface area (Å²) in [4.78, 5) is 13.0. The number of benzene rings is 2. The molecular formula is C27H27F3N4O2. The molecule has 1 saturated heterocycles. The zero-order valence-electron chi connectivity index (χ0n) is 19.9. The second kappa shape index (κ2) is 8.65. The molecule has 0 unspecified atom stereocenters. The van der Waals surface area contributed by atoms with Gasteiger partial charge in [0.2, 0.25) is 0 Å². The highest BCUT2D eigenvalue weighted by atomic mass is 19.4. The molecule has 1 N–H and O–H groups in total. The predicted octanol–water partition coefficient (Wildman–Crippen LogP) is 5.33. The predicted molar refractivity (Wildman–Crippen MR) is 130 cm³/mol. The molecule has 3 heterocycles. The smallest absolute Gasteiger partial charge is 0.381 e. The zero-order valence-corrected chi connectivity index (χ0v) is 19.9. The number of aromatic nitrogens is 3. The summed E-state index contributed by atoms with van der Waals surface area (Å²) in [6, 6.07) is 10.5. The maximum absolute atomic E-state index is 13.1. The van der Waals surface area contributed by atoms with E-state index < -0.39 is 11.7 Å². The molecular weight excluding hydrogens is 469 g/mol. The molecule has 2 atom stereocenters. The minimum absolute atomic E-state index is 0.117. The van der Waals surface area contributed by atoms with Crippen LogP contribution in [0.25, 0.3) is 27.6 Å². The molecule has 1 saturated carbocycles. The maximum Gasteiger partial charge on any atom is 0.416 e. The van der Waals surface area contributed by atoms with E-state index in [9.17, 15) is 18.0 Å². The van der Waals surface area contributed by atoms with Crippen molar-refractivity contribution in [1.29, 1.82) is 0 Å². The van der Waals surface area contributed by atoms with Crippen LogP contribution in [0, 0.1) is 17.8 Å². The first kappa shape index (κ1) is 23.1. The van der Waals surface area contributed by atoms with Crippen molar-refractivity contribution in [3.05, 3.63) is 59.8 Å². The first-order valence-electron chi connectivity index (χ1n) is 12.3. The number of hydrogen-bond donors (Lipinski definition) is 1. The lowest BCUT2D eigenvalue weighted by molar-refractivity contribution is -0.137. The van der Waals surface area contributed by atoms with Crippen LogP contribution in [0.4, 0.5) is 13.2 Å². The monoisotopic (exact) mass is 496 g/mol. The van der Waals surface area contributed by atoms with Crippen molar-refractivity contribution in [2.45, 2.75) is 25.4 Å². The molecule has 0 spiro atoms. The van der Waals surface area contributed by atoms with Crippen molar-refractivity contribution >= 4 is 27.8 Å². The number of carbonyl (C=O) groups excluding carboxylic acids is 1. The van der Waals surface area contributed by atoms with Crippen LogP contribution in [0.2, 0.25) is 0 Å². The van der Waals surface area contributed by atoms with Crippen LogP contribution in [0.15, 0.2) is 48.7 Å². The van der Waals surface area contributed by atoms with Gasteiger partial charge >= 0.3 is 6.18 Å². The largest absolute Gasteiger partial charge is 0.416 e. The number of halogens is 3. The fourth-order valence-electron chi connectivity index (χ4n) is 5.65. The number of nitrogens with one attached hydrogen (secondary N) is 1. The molecule has 4 aromatic rings. The van der Waals surface area contributed by atoms with Gasteiger partial charge in [0.1, 0.15) is 0 Å². The van der Waals surface area contributed by atoms with Crippen LogP contribution in [-0.2, 0) is 18.0 Å². The van der Waals surface area contributed by atoms with E-state index in [0.717, 1.165) is 60.9 Å². The van der Waals surface area contributed by atoms with Crippen LogP contribution in [0.5, 0.6) is 0 Å². The van der Waals surface area contributed by atoms with Gasteiger partial charge < -0.3 is 10.1 Å². The zero-order chi connectivity index (χ0) is 25.0. The van der Waals surface area contributed by atoms with Crippen molar-refractivity contribution in [3.8, 4) is 5.69 Å². The van der Waals surface area contributed by atoms with E-state index >= 15 is 0 Å². The summed E-state index contributed by atoms with van der Waals surface area (Å²) in [7, 11) is 1.80. The minimum Gasteiger partial charge on any atom is -0.381 e. The maximum atomic E-state index is 13.1. The Morgan fingerprint density at radius 3 is 2.58 bits per heavy atom. The van der Waals surface area contributed by atoms with Crippen LogP contribution in [0.1, 0.15) is 35.2 Å². The Bertz CT molecular complexity index is 1430. The molecule has 188 valence electrons. The number of alkyl halides is 3. The van der Waals surface area contributed by atoms with Gasteiger partial charge in [0.05, 0.1) is 11.1 Å². The Hall–Kier alpha value is -3.33. The van der Waals surface area contributed by atoms with Crippen LogP contribution < -0.4 is 5.32 Å². The Balaban J connectivity index is 1.26. The fraction of sp³-hybridized carbons (Fsp3) is 0.407. The molecule has 9 heteroatoms. The number of rotatable bonds is 5. The van der Waals surface area contributed by atoms with Gasteiger partial charge in [-0.2, -0.15) is 18.3 Å². The third kappa shape index (κ3) is 4.15. The SMILES string of the molecule is Cn1cc2c3cc(C(=O)NC[C@@H]4C[C@H]4C4CCOCC4)ccc3n(-c3ccc(C(F)(F)F)cc3)c2n1. The molecule has 6 rings (SSSR count). The average molecular weight is 497 g/mol. The number of nitrogens with zero attached hydrogens (tertiary/aromatic N) is 3. The van der Waals surface area contributed by atoms with Crippen LogP contribution >= 0.6 is 0 Å². The quantitative estimate of drug-likeness (QED) is 0.406. The second-order valence-corrected chi connectivity index (χ2v) is 9.97. The number of ether oxygens (including phenoxy) is 1. The number of hydrogen-bond acceptors (Lipinski definition) is 3. The minimum atomic E-state index is -4.40. The lowest BCUT2D eigenvalue weighted by Gasteiger charge is -2.22. The molecule has 2 aliphatic rings. The highest BCUT2D eigenvalue weighted by Gasteiger charge is 2.42. The molecule has 1 aliphatic carbocycles. The highest BCUT2D eigenvalue weighted by Crippen LogP contribution is 2.47. The summed E-state index contributed by atoms with van der Waals surface area (Å²) >= 11 is 0. The van der Waals surface area contributed by atoms with Gasteiger partial charge in [-0.15, -0.1) is 0 Å². The van der Waals surface area contributed by atoms with Crippen molar-refractivity contribution in [1.82, 2.24) is 19.7 Å². The summed E-state index contributed by atoms with van der Waals surface area (Å²) in [6.45, 7) is 2.36. The molecule has 2 fully saturated rings. The third-order valence-electron chi connectivity index (χ3n) is 7.64. The van der Waals surface area contributed by atoms with Gasteiger partial charge in [0.15, 0.2) is 5.65 Å². The lowest BCUT2D eigenvalue weighted by Crippen LogP contribution is -2.27. The number of fused-ring (bicyclic) bond motifs is 3. The average Bonchev–Trinajstić information content (AvgIpc) is 3.47. The van der Waals surface area contributed by atoms with Gasteiger partial charge in [-0.25, -0.2) is 0 Å². The van der Waals surface area contributed by atoms with Crippen molar-refractivity contribution < 1.29 is 22.7 Å². The normalized spacial score (nSPS) is 20.8. The highest BCUT2D eigenvalue weighted by molar-refractivity contribution is 6.10. The Labute approximate surface area is 206 Å². The van der Waals surface area contributed by atoms with Gasteiger partial charge in [-0.05, 0) is 79.5 Å². The summed E-state index contributed by atoms with van der Waals surface area (Å²) in [6.07, 6.45) is 0.857. The van der Waals surface area contributed by atoms with Crippen LogP contribution in [-0.4, -0.2) is 40.0 Å². The topological polar surface area (TPSA) is 61.1 Å². The Morgan fingerprint density at radius 2 is 1.86 bits per heavy atom. The van der Waals surface area contributed by atoms with Crippen molar-refractivity contribution in [2.24, 2.45) is 24.8 Å². The van der Waals surface area contributed by atoms with Gasteiger partial charge in [0, 0.05) is 55.0 Å². The number of aryl methyl sites for hydroxylation is 1. The van der Waals surface area contributed by atoms with E-state index in [4.69, 9.17) is 4.74 Å². The second-order valence-electron chi connectivity index (χ2n) is 9.97.